The van der Waals surface area contributed by atoms with Crippen molar-refractivity contribution in [2.45, 2.75) is 39.7 Å². The maximum absolute atomic E-state index is 13.7. The number of aromatic nitrogens is 1. The average Bonchev–Trinajstić information content (AvgIpc) is 2.51. The zero-order valence-corrected chi connectivity index (χ0v) is 11.4. The zero-order chi connectivity index (χ0) is 14.1. The van der Waals surface area contributed by atoms with E-state index >= 15 is 0 Å². The van der Waals surface area contributed by atoms with Crippen molar-refractivity contribution in [2.75, 3.05) is 0 Å². The Balaban J connectivity index is 3.05. The summed E-state index contributed by atoms with van der Waals surface area (Å²) in [6.07, 6.45) is 1.73. The fourth-order valence-electron chi connectivity index (χ4n) is 1.70. The number of Topliss-reactive ketones (excluding diaryl/α,β-unsaturated/α-hetero) is 1. The van der Waals surface area contributed by atoms with Crippen LogP contribution in [0.2, 0.25) is 0 Å². The molecule has 0 bridgehead atoms. The lowest BCUT2D eigenvalue weighted by atomic mass is 10.0. The number of rotatable bonds is 3. The predicted octanol–water partition coefficient (Wildman–Crippen LogP) is 1.82. The molecule has 1 aromatic rings. The summed E-state index contributed by atoms with van der Waals surface area (Å²) in [5, 5.41) is 2.58. The van der Waals surface area contributed by atoms with Crippen molar-refractivity contribution < 1.29 is 14.0 Å². The minimum Gasteiger partial charge on any atom is -0.345 e. The van der Waals surface area contributed by atoms with E-state index in [0.717, 1.165) is 0 Å². The van der Waals surface area contributed by atoms with E-state index in [0.29, 0.717) is 6.42 Å². The summed E-state index contributed by atoms with van der Waals surface area (Å²) >= 11 is 0. The molecule has 0 fully saturated rings. The fraction of sp³-hybridized carbons (Fsp3) is 0.538. The van der Waals surface area contributed by atoms with Crippen LogP contribution in [-0.4, -0.2) is 21.8 Å². The summed E-state index contributed by atoms with van der Waals surface area (Å²) in [6, 6.07) is 0. The van der Waals surface area contributed by atoms with Crippen LogP contribution in [0.5, 0.6) is 0 Å². The van der Waals surface area contributed by atoms with Gasteiger partial charge in [-0.2, -0.15) is 4.39 Å². The van der Waals surface area contributed by atoms with Crippen molar-refractivity contribution in [1.82, 2.24) is 9.88 Å². The van der Waals surface area contributed by atoms with Crippen LogP contribution in [0.25, 0.3) is 0 Å². The van der Waals surface area contributed by atoms with Crippen molar-refractivity contribution in [3.8, 4) is 0 Å². The van der Waals surface area contributed by atoms with Gasteiger partial charge in [-0.15, -0.1) is 0 Å². The number of hydrogen-bond donors (Lipinski definition) is 1. The van der Waals surface area contributed by atoms with Crippen LogP contribution < -0.4 is 5.32 Å². The van der Waals surface area contributed by atoms with Crippen LogP contribution in [0.15, 0.2) is 6.20 Å². The van der Waals surface area contributed by atoms with Crippen molar-refractivity contribution in [3.63, 3.8) is 0 Å². The molecule has 0 aliphatic heterocycles. The molecule has 4 nitrogen and oxygen atoms in total. The lowest BCUT2D eigenvalue weighted by Gasteiger charge is -2.19. The fourth-order valence-corrected chi connectivity index (χ4v) is 1.70. The zero-order valence-electron chi connectivity index (χ0n) is 11.4. The molecule has 1 heterocycles. The molecule has 1 amide bonds. The predicted molar refractivity (Wildman–Crippen MR) is 67.0 cm³/mol. The molecular formula is C13H19FN2O2. The SMILES string of the molecule is CCc1c(C(=O)C(=O)NC(C)(C)C)cn(C)c1F. The van der Waals surface area contributed by atoms with Crippen molar-refractivity contribution in [1.29, 1.82) is 0 Å². The number of aryl methyl sites for hydroxylation is 1. The van der Waals surface area contributed by atoms with Gasteiger partial charge in [0.25, 0.3) is 11.7 Å². The first-order valence-corrected chi connectivity index (χ1v) is 5.88. The molecule has 0 saturated carbocycles. The second kappa shape index (κ2) is 4.92. The molecule has 0 atom stereocenters. The number of carbonyl (C=O) groups excluding carboxylic acids is 2. The standard InChI is InChI=1S/C13H19FN2O2/c1-6-8-9(7-16(5)11(8)14)10(17)12(18)15-13(2,3)4/h7H,6H2,1-5H3,(H,15,18). The van der Waals surface area contributed by atoms with Gasteiger partial charge in [0.15, 0.2) is 5.95 Å². The summed E-state index contributed by atoms with van der Waals surface area (Å²) in [5.41, 5.74) is -0.0716. The van der Waals surface area contributed by atoms with E-state index < -0.39 is 23.2 Å². The highest BCUT2D eigenvalue weighted by Gasteiger charge is 2.26. The van der Waals surface area contributed by atoms with E-state index in [1.165, 1.54) is 17.8 Å². The smallest absolute Gasteiger partial charge is 0.292 e. The number of amides is 1. The Bertz CT molecular complexity index is 484. The van der Waals surface area contributed by atoms with Crippen molar-refractivity contribution >= 4 is 11.7 Å². The highest BCUT2D eigenvalue weighted by molar-refractivity contribution is 6.43. The maximum Gasteiger partial charge on any atom is 0.292 e. The topological polar surface area (TPSA) is 51.1 Å². The molecule has 0 aliphatic rings. The molecule has 1 aromatic heterocycles. The van der Waals surface area contributed by atoms with E-state index in [2.05, 4.69) is 5.32 Å². The van der Waals surface area contributed by atoms with Gasteiger partial charge in [0.05, 0.1) is 5.56 Å². The highest BCUT2D eigenvalue weighted by atomic mass is 19.1. The second-order valence-corrected chi connectivity index (χ2v) is 5.31. The van der Waals surface area contributed by atoms with Gasteiger partial charge in [-0.3, -0.25) is 9.59 Å². The lowest BCUT2D eigenvalue weighted by Crippen LogP contribution is -2.44. The molecule has 0 aromatic carbocycles. The van der Waals surface area contributed by atoms with E-state index in [1.807, 2.05) is 0 Å². The number of nitrogens with one attached hydrogen (secondary N) is 1. The normalized spacial score (nSPS) is 11.4. The molecule has 100 valence electrons. The molecule has 0 radical (unpaired) electrons. The Morgan fingerprint density at radius 2 is 1.94 bits per heavy atom. The average molecular weight is 254 g/mol. The Morgan fingerprint density at radius 3 is 2.39 bits per heavy atom. The summed E-state index contributed by atoms with van der Waals surface area (Å²) in [7, 11) is 1.51. The Morgan fingerprint density at radius 1 is 1.39 bits per heavy atom. The third kappa shape index (κ3) is 2.97. The molecule has 0 unspecified atom stereocenters. The number of ketones is 1. The molecular weight excluding hydrogens is 235 g/mol. The van der Waals surface area contributed by atoms with Gasteiger partial charge in [0.2, 0.25) is 0 Å². The summed E-state index contributed by atoms with van der Waals surface area (Å²) in [5.74, 6) is -1.87. The van der Waals surface area contributed by atoms with Gasteiger partial charge in [-0.05, 0) is 27.2 Å². The Kier molecular flexibility index (Phi) is 3.94. The van der Waals surface area contributed by atoms with Gasteiger partial charge in [-0.1, -0.05) is 6.92 Å². The van der Waals surface area contributed by atoms with Gasteiger partial charge < -0.3 is 9.88 Å². The first-order valence-electron chi connectivity index (χ1n) is 5.88. The summed E-state index contributed by atoms with van der Waals surface area (Å²) < 4.78 is 14.9. The Hall–Kier alpha value is -1.65. The molecule has 0 aliphatic carbocycles. The Labute approximate surface area is 106 Å². The van der Waals surface area contributed by atoms with Crippen LogP contribution in [0.3, 0.4) is 0 Å². The number of nitrogens with zero attached hydrogens (tertiary/aromatic N) is 1. The quantitative estimate of drug-likeness (QED) is 0.661. The van der Waals surface area contributed by atoms with Crippen molar-refractivity contribution in [3.05, 3.63) is 23.3 Å². The number of halogens is 1. The molecule has 0 saturated heterocycles. The highest BCUT2D eigenvalue weighted by Crippen LogP contribution is 2.17. The number of carbonyl (C=O) groups is 2. The first-order chi connectivity index (χ1) is 8.17. The number of hydrogen-bond acceptors (Lipinski definition) is 2. The van der Waals surface area contributed by atoms with Crippen LogP contribution in [0, 0.1) is 5.95 Å². The van der Waals surface area contributed by atoms with Crippen LogP contribution >= 0.6 is 0 Å². The second-order valence-electron chi connectivity index (χ2n) is 5.31. The molecule has 1 rings (SSSR count). The minimum absolute atomic E-state index is 0.138. The summed E-state index contributed by atoms with van der Waals surface area (Å²) in [4.78, 5) is 23.7. The van der Waals surface area contributed by atoms with Gasteiger partial charge >= 0.3 is 0 Å². The van der Waals surface area contributed by atoms with E-state index in [1.54, 1.807) is 27.7 Å². The molecule has 18 heavy (non-hydrogen) atoms. The van der Waals surface area contributed by atoms with Gasteiger partial charge in [-0.25, -0.2) is 0 Å². The van der Waals surface area contributed by atoms with E-state index in [-0.39, 0.29) is 11.1 Å². The largest absolute Gasteiger partial charge is 0.345 e. The van der Waals surface area contributed by atoms with E-state index in [9.17, 15) is 14.0 Å². The molecule has 5 heteroatoms. The van der Waals surface area contributed by atoms with E-state index in [4.69, 9.17) is 0 Å². The van der Waals surface area contributed by atoms with Gasteiger partial charge in [0.1, 0.15) is 0 Å². The van der Waals surface area contributed by atoms with Crippen LogP contribution in [0.1, 0.15) is 43.6 Å². The third-order valence-electron chi connectivity index (χ3n) is 2.50. The monoisotopic (exact) mass is 254 g/mol. The maximum atomic E-state index is 13.7. The summed E-state index contributed by atoms with van der Waals surface area (Å²) in [6.45, 7) is 7.09. The molecule has 1 N–H and O–H groups in total. The first kappa shape index (κ1) is 14.4. The minimum atomic E-state index is -0.706. The third-order valence-corrected chi connectivity index (χ3v) is 2.50. The van der Waals surface area contributed by atoms with Crippen LogP contribution in [0.4, 0.5) is 4.39 Å². The van der Waals surface area contributed by atoms with Gasteiger partial charge in [0, 0.05) is 24.3 Å². The van der Waals surface area contributed by atoms with Crippen molar-refractivity contribution in [2.24, 2.45) is 7.05 Å². The lowest BCUT2D eigenvalue weighted by molar-refractivity contribution is -0.118. The molecule has 0 spiro atoms. The van der Waals surface area contributed by atoms with Crippen LogP contribution in [-0.2, 0) is 18.3 Å².